The van der Waals surface area contributed by atoms with Crippen LogP contribution in [0.1, 0.15) is 10.4 Å². The second kappa shape index (κ2) is 6.21. The van der Waals surface area contributed by atoms with Gasteiger partial charge in [-0.2, -0.15) is 0 Å². The molecule has 20 heavy (non-hydrogen) atoms. The zero-order chi connectivity index (χ0) is 14.5. The minimum atomic E-state index is -0.518. The van der Waals surface area contributed by atoms with Gasteiger partial charge < -0.3 is 5.32 Å². The molecule has 0 aliphatic carbocycles. The third-order valence-corrected chi connectivity index (χ3v) is 3.50. The lowest BCUT2D eigenvalue weighted by Gasteiger charge is -2.08. The second-order valence-electron chi connectivity index (χ2n) is 3.93. The van der Waals surface area contributed by atoms with Gasteiger partial charge in [0, 0.05) is 11.0 Å². The quantitative estimate of drug-likeness (QED) is 0.530. The number of benzene rings is 2. The van der Waals surface area contributed by atoms with Crippen LogP contribution in [0.15, 0.2) is 53.4 Å². The van der Waals surface area contributed by atoms with Gasteiger partial charge in [0.25, 0.3) is 11.6 Å². The zero-order valence-corrected chi connectivity index (χ0v) is 11.5. The molecule has 102 valence electrons. The highest BCUT2D eigenvalue weighted by Gasteiger charge is 2.17. The Bertz CT molecular complexity index is 658. The van der Waals surface area contributed by atoms with Crippen molar-refractivity contribution in [2.75, 3.05) is 11.6 Å². The Labute approximate surface area is 120 Å². The molecule has 0 atom stereocenters. The standard InChI is InChI=1S/C14H12N2O3S/c1-20-13-9-5-2-6-10(13)14(17)15-11-7-3-4-8-12(11)16(18)19/h2-9H,1H3,(H,15,17). The van der Waals surface area contributed by atoms with Crippen LogP contribution >= 0.6 is 11.8 Å². The first-order valence-electron chi connectivity index (χ1n) is 5.81. The van der Waals surface area contributed by atoms with Crippen molar-refractivity contribution in [1.29, 1.82) is 0 Å². The van der Waals surface area contributed by atoms with Crippen LogP contribution in [-0.4, -0.2) is 17.1 Å². The maximum absolute atomic E-state index is 12.2. The number of thioether (sulfide) groups is 1. The smallest absolute Gasteiger partial charge is 0.292 e. The molecule has 0 bridgehead atoms. The van der Waals surface area contributed by atoms with Gasteiger partial charge in [0.15, 0.2) is 0 Å². The summed E-state index contributed by atoms with van der Waals surface area (Å²) in [5, 5.41) is 13.5. The monoisotopic (exact) mass is 288 g/mol. The first-order valence-corrected chi connectivity index (χ1v) is 7.03. The van der Waals surface area contributed by atoms with Crippen LogP contribution in [0.5, 0.6) is 0 Å². The maximum Gasteiger partial charge on any atom is 0.292 e. The summed E-state index contributed by atoms with van der Waals surface area (Å²) in [6.07, 6.45) is 1.87. The number of para-hydroxylation sites is 2. The van der Waals surface area contributed by atoms with Crippen molar-refractivity contribution >= 4 is 29.0 Å². The molecule has 1 N–H and O–H groups in total. The van der Waals surface area contributed by atoms with Crippen molar-refractivity contribution in [3.05, 3.63) is 64.2 Å². The van der Waals surface area contributed by atoms with E-state index in [0.717, 1.165) is 4.90 Å². The fourth-order valence-corrected chi connectivity index (χ4v) is 2.36. The van der Waals surface area contributed by atoms with Gasteiger partial charge in [-0.05, 0) is 24.5 Å². The predicted molar refractivity (Wildman–Crippen MR) is 79.3 cm³/mol. The number of nitrogens with one attached hydrogen (secondary N) is 1. The summed E-state index contributed by atoms with van der Waals surface area (Å²) in [5.74, 6) is -0.357. The fourth-order valence-electron chi connectivity index (χ4n) is 1.76. The molecule has 0 aliphatic rings. The van der Waals surface area contributed by atoms with Crippen LogP contribution < -0.4 is 5.32 Å². The van der Waals surface area contributed by atoms with E-state index in [2.05, 4.69) is 5.32 Å². The molecule has 6 heteroatoms. The minimum Gasteiger partial charge on any atom is -0.316 e. The van der Waals surface area contributed by atoms with Crippen molar-refractivity contribution in [2.45, 2.75) is 4.90 Å². The highest BCUT2D eigenvalue weighted by molar-refractivity contribution is 7.98. The zero-order valence-electron chi connectivity index (χ0n) is 10.7. The number of hydrogen-bond donors (Lipinski definition) is 1. The van der Waals surface area contributed by atoms with Crippen LogP contribution in [-0.2, 0) is 0 Å². The summed E-state index contributed by atoms with van der Waals surface area (Å²) >= 11 is 1.45. The third-order valence-electron chi connectivity index (χ3n) is 2.70. The first-order chi connectivity index (χ1) is 9.63. The number of nitrogens with zero attached hydrogens (tertiary/aromatic N) is 1. The van der Waals surface area contributed by atoms with E-state index >= 15 is 0 Å². The van der Waals surface area contributed by atoms with Crippen molar-refractivity contribution < 1.29 is 9.72 Å². The summed E-state index contributed by atoms with van der Waals surface area (Å²) in [7, 11) is 0. The van der Waals surface area contributed by atoms with Gasteiger partial charge in [-0.3, -0.25) is 14.9 Å². The van der Waals surface area contributed by atoms with Crippen molar-refractivity contribution in [3.63, 3.8) is 0 Å². The molecule has 2 aromatic carbocycles. The van der Waals surface area contributed by atoms with Crippen molar-refractivity contribution in [2.24, 2.45) is 0 Å². The van der Waals surface area contributed by atoms with Crippen LogP contribution in [0.25, 0.3) is 0 Å². The van der Waals surface area contributed by atoms with Gasteiger partial charge in [0.2, 0.25) is 0 Å². The van der Waals surface area contributed by atoms with E-state index in [1.54, 1.807) is 24.3 Å². The van der Waals surface area contributed by atoms with E-state index in [1.165, 1.54) is 23.9 Å². The van der Waals surface area contributed by atoms with Crippen molar-refractivity contribution in [3.8, 4) is 0 Å². The highest BCUT2D eigenvalue weighted by atomic mass is 32.2. The molecule has 0 saturated heterocycles. The highest BCUT2D eigenvalue weighted by Crippen LogP contribution is 2.25. The van der Waals surface area contributed by atoms with E-state index in [4.69, 9.17) is 0 Å². The Morgan fingerprint density at radius 2 is 1.80 bits per heavy atom. The summed E-state index contributed by atoms with van der Waals surface area (Å²) < 4.78 is 0. The molecule has 0 unspecified atom stereocenters. The van der Waals surface area contributed by atoms with Gasteiger partial charge >= 0.3 is 0 Å². The summed E-state index contributed by atoms with van der Waals surface area (Å²) in [4.78, 5) is 23.4. The molecule has 0 heterocycles. The van der Waals surface area contributed by atoms with Crippen LogP contribution in [0, 0.1) is 10.1 Å². The van der Waals surface area contributed by atoms with E-state index in [0.29, 0.717) is 5.56 Å². The Balaban J connectivity index is 2.31. The Morgan fingerprint density at radius 3 is 2.50 bits per heavy atom. The van der Waals surface area contributed by atoms with Gasteiger partial charge in [0.05, 0.1) is 10.5 Å². The number of nitro groups is 1. The molecule has 1 amide bonds. The van der Waals surface area contributed by atoms with E-state index in [-0.39, 0.29) is 17.3 Å². The maximum atomic E-state index is 12.2. The van der Waals surface area contributed by atoms with Gasteiger partial charge in [0.1, 0.15) is 5.69 Å². The third kappa shape index (κ3) is 2.97. The molecular weight excluding hydrogens is 276 g/mol. The van der Waals surface area contributed by atoms with Crippen LogP contribution in [0.3, 0.4) is 0 Å². The number of carbonyl (C=O) groups is 1. The summed E-state index contributed by atoms with van der Waals surface area (Å²) in [6, 6.07) is 13.2. The molecule has 5 nitrogen and oxygen atoms in total. The van der Waals surface area contributed by atoms with Crippen molar-refractivity contribution in [1.82, 2.24) is 0 Å². The number of hydrogen-bond acceptors (Lipinski definition) is 4. The topological polar surface area (TPSA) is 72.2 Å². The summed E-state index contributed by atoms with van der Waals surface area (Å²) in [5.41, 5.74) is 0.569. The Kier molecular flexibility index (Phi) is 4.37. The van der Waals surface area contributed by atoms with Gasteiger partial charge in [-0.15, -0.1) is 11.8 Å². The van der Waals surface area contributed by atoms with Crippen LogP contribution in [0.2, 0.25) is 0 Å². The minimum absolute atomic E-state index is 0.123. The first kappa shape index (κ1) is 14.1. The number of carbonyl (C=O) groups excluding carboxylic acids is 1. The number of rotatable bonds is 4. The number of amides is 1. The van der Waals surface area contributed by atoms with Crippen LogP contribution in [0.4, 0.5) is 11.4 Å². The molecule has 0 radical (unpaired) electrons. The lowest BCUT2D eigenvalue weighted by Crippen LogP contribution is -2.14. The fraction of sp³-hybridized carbons (Fsp3) is 0.0714. The number of nitro benzene ring substituents is 1. The number of anilines is 1. The second-order valence-corrected chi connectivity index (χ2v) is 4.78. The normalized spacial score (nSPS) is 10.1. The largest absolute Gasteiger partial charge is 0.316 e. The molecule has 2 rings (SSSR count). The average molecular weight is 288 g/mol. The SMILES string of the molecule is CSc1ccccc1C(=O)Nc1ccccc1[N+](=O)[O-]. The molecule has 0 aromatic heterocycles. The predicted octanol–water partition coefficient (Wildman–Crippen LogP) is 3.57. The molecule has 0 aliphatic heterocycles. The average Bonchev–Trinajstić information content (AvgIpc) is 2.47. The lowest BCUT2D eigenvalue weighted by atomic mass is 10.2. The lowest BCUT2D eigenvalue weighted by molar-refractivity contribution is -0.383. The van der Waals surface area contributed by atoms with E-state index in [1.807, 2.05) is 18.4 Å². The molecule has 0 fully saturated rings. The van der Waals surface area contributed by atoms with E-state index in [9.17, 15) is 14.9 Å². The molecule has 2 aromatic rings. The molecule has 0 spiro atoms. The summed E-state index contributed by atoms with van der Waals surface area (Å²) in [6.45, 7) is 0. The van der Waals surface area contributed by atoms with Gasteiger partial charge in [-0.25, -0.2) is 0 Å². The Hall–Kier alpha value is -2.34. The Morgan fingerprint density at radius 1 is 1.15 bits per heavy atom. The molecular formula is C14H12N2O3S. The molecule has 0 saturated carbocycles. The van der Waals surface area contributed by atoms with Gasteiger partial charge in [-0.1, -0.05) is 24.3 Å². The van der Waals surface area contributed by atoms with E-state index < -0.39 is 4.92 Å².